The summed E-state index contributed by atoms with van der Waals surface area (Å²) in [5.74, 6) is 0.819. The molecule has 32 heavy (non-hydrogen) atoms. The average Bonchev–Trinajstić information content (AvgIpc) is 2.83. The highest BCUT2D eigenvalue weighted by molar-refractivity contribution is 5.94. The van der Waals surface area contributed by atoms with Gasteiger partial charge in [-0.1, -0.05) is 49.4 Å². The first kappa shape index (κ1) is 23.8. The lowest BCUT2D eigenvalue weighted by molar-refractivity contribution is 0.0953. The van der Waals surface area contributed by atoms with Gasteiger partial charge in [0.1, 0.15) is 0 Å². The Morgan fingerprint density at radius 2 is 1.75 bits per heavy atom. The molecule has 1 aliphatic heterocycles. The molecule has 6 heteroatoms. The normalized spacial score (nSPS) is 15.4. The number of carbonyl (C=O) groups excluding carboxylic acids is 1. The van der Waals surface area contributed by atoms with Crippen molar-refractivity contribution in [1.82, 2.24) is 20.9 Å². The van der Waals surface area contributed by atoms with E-state index in [0.717, 1.165) is 57.0 Å². The van der Waals surface area contributed by atoms with Crippen molar-refractivity contribution in [1.29, 1.82) is 0 Å². The largest absolute Gasteiger partial charge is 0.357 e. The van der Waals surface area contributed by atoms with Crippen molar-refractivity contribution in [2.75, 3.05) is 26.2 Å². The zero-order valence-electron chi connectivity index (χ0n) is 19.4. The minimum atomic E-state index is -0.0232. The molecular weight excluding hydrogens is 398 g/mol. The van der Waals surface area contributed by atoms with Gasteiger partial charge in [-0.05, 0) is 49.4 Å². The molecule has 3 N–H and O–H groups in total. The van der Waals surface area contributed by atoms with Crippen molar-refractivity contribution in [2.45, 2.75) is 52.2 Å². The molecule has 0 atom stereocenters. The molecule has 0 bridgehead atoms. The highest BCUT2D eigenvalue weighted by Gasteiger charge is 2.20. The van der Waals surface area contributed by atoms with E-state index in [4.69, 9.17) is 4.99 Å². The number of hydrogen-bond donors (Lipinski definition) is 3. The van der Waals surface area contributed by atoms with Crippen LogP contribution in [-0.4, -0.2) is 49.0 Å². The summed E-state index contributed by atoms with van der Waals surface area (Å²) in [7, 11) is 0. The second-order valence-electron chi connectivity index (χ2n) is 8.33. The smallest absolute Gasteiger partial charge is 0.251 e. The van der Waals surface area contributed by atoms with Crippen molar-refractivity contribution in [3.05, 3.63) is 71.3 Å². The number of carbonyl (C=O) groups is 1. The zero-order valence-corrected chi connectivity index (χ0v) is 19.4. The van der Waals surface area contributed by atoms with E-state index in [-0.39, 0.29) is 5.91 Å². The van der Waals surface area contributed by atoms with Crippen LogP contribution >= 0.6 is 0 Å². The molecule has 0 aromatic heterocycles. The Bertz CT molecular complexity index is 860. The van der Waals surface area contributed by atoms with E-state index in [2.05, 4.69) is 58.1 Å². The van der Waals surface area contributed by atoms with Gasteiger partial charge < -0.3 is 16.0 Å². The van der Waals surface area contributed by atoms with Crippen LogP contribution in [0.15, 0.2) is 59.6 Å². The number of rotatable bonds is 9. The number of benzene rings is 2. The third-order valence-corrected chi connectivity index (χ3v) is 5.67. The highest BCUT2D eigenvalue weighted by atomic mass is 16.1. The second kappa shape index (κ2) is 12.9. The molecule has 1 amide bonds. The maximum atomic E-state index is 12.2. The number of likely N-dealkylation sites (tertiary alicyclic amines) is 1. The van der Waals surface area contributed by atoms with Crippen LogP contribution < -0.4 is 16.0 Å². The number of aliphatic imine (C=N–C) groups is 1. The van der Waals surface area contributed by atoms with E-state index in [1.165, 1.54) is 5.56 Å². The molecule has 172 valence electrons. The summed E-state index contributed by atoms with van der Waals surface area (Å²) in [4.78, 5) is 19.5. The Hall–Kier alpha value is -2.86. The summed E-state index contributed by atoms with van der Waals surface area (Å²) >= 11 is 0. The molecule has 3 rings (SSSR count). The molecule has 0 unspecified atom stereocenters. The lowest BCUT2D eigenvalue weighted by Crippen LogP contribution is -2.48. The van der Waals surface area contributed by atoms with Gasteiger partial charge in [-0.3, -0.25) is 9.69 Å². The Morgan fingerprint density at radius 3 is 2.47 bits per heavy atom. The van der Waals surface area contributed by atoms with E-state index in [1.54, 1.807) is 0 Å². The molecule has 2 aromatic rings. The van der Waals surface area contributed by atoms with Crippen molar-refractivity contribution in [3.8, 4) is 0 Å². The third-order valence-electron chi connectivity index (χ3n) is 5.67. The molecule has 1 saturated heterocycles. The van der Waals surface area contributed by atoms with E-state index < -0.39 is 0 Å². The van der Waals surface area contributed by atoms with Gasteiger partial charge in [0.15, 0.2) is 5.96 Å². The standard InChI is InChI=1S/C26H37N5O/c1-3-15-28-25(32)23-12-8-11-22(18-23)19-29-26(27-4-2)30-24-13-16-31(17-14-24)20-21-9-6-5-7-10-21/h5-12,18,24H,3-4,13-17,19-20H2,1-2H3,(H,28,32)(H2,27,29,30). The Kier molecular flexibility index (Phi) is 9.57. The molecule has 0 radical (unpaired) electrons. The van der Waals surface area contributed by atoms with Crippen LogP contribution in [0.4, 0.5) is 0 Å². The highest BCUT2D eigenvalue weighted by Crippen LogP contribution is 2.14. The number of piperidine rings is 1. The van der Waals surface area contributed by atoms with Crippen LogP contribution in [0.1, 0.15) is 54.6 Å². The van der Waals surface area contributed by atoms with Gasteiger partial charge in [0.05, 0.1) is 6.54 Å². The quantitative estimate of drug-likeness (QED) is 0.416. The minimum absolute atomic E-state index is 0.0232. The summed E-state index contributed by atoms with van der Waals surface area (Å²) in [5.41, 5.74) is 3.10. The maximum absolute atomic E-state index is 12.2. The van der Waals surface area contributed by atoms with Gasteiger partial charge in [-0.25, -0.2) is 4.99 Å². The van der Waals surface area contributed by atoms with Crippen LogP contribution in [0.5, 0.6) is 0 Å². The first-order valence-electron chi connectivity index (χ1n) is 11.9. The van der Waals surface area contributed by atoms with Crippen LogP contribution in [0.25, 0.3) is 0 Å². The molecule has 1 aliphatic rings. The summed E-state index contributed by atoms with van der Waals surface area (Å²) in [5, 5.41) is 9.90. The predicted molar refractivity (Wildman–Crippen MR) is 132 cm³/mol. The molecule has 6 nitrogen and oxygen atoms in total. The lowest BCUT2D eigenvalue weighted by atomic mass is 10.0. The van der Waals surface area contributed by atoms with Gasteiger partial charge >= 0.3 is 0 Å². The first-order chi connectivity index (χ1) is 15.7. The number of nitrogens with one attached hydrogen (secondary N) is 3. The molecular formula is C26H37N5O. The fourth-order valence-electron chi connectivity index (χ4n) is 3.91. The van der Waals surface area contributed by atoms with E-state index in [9.17, 15) is 4.79 Å². The van der Waals surface area contributed by atoms with Gasteiger partial charge in [-0.15, -0.1) is 0 Å². The van der Waals surface area contributed by atoms with Crippen LogP contribution in [-0.2, 0) is 13.1 Å². The van der Waals surface area contributed by atoms with Crippen molar-refractivity contribution >= 4 is 11.9 Å². The minimum Gasteiger partial charge on any atom is -0.357 e. The van der Waals surface area contributed by atoms with Crippen molar-refractivity contribution < 1.29 is 4.79 Å². The van der Waals surface area contributed by atoms with E-state index >= 15 is 0 Å². The summed E-state index contributed by atoms with van der Waals surface area (Å²) in [6, 6.07) is 18.8. The number of hydrogen-bond acceptors (Lipinski definition) is 3. The average molecular weight is 436 g/mol. The monoisotopic (exact) mass is 435 g/mol. The van der Waals surface area contributed by atoms with Crippen molar-refractivity contribution in [2.24, 2.45) is 4.99 Å². The molecule has 1 heterocycles. The number of nitrogens with zero attached hydrogens (tertiary/aromatic N) is 2. The molecule has 0 aliphatic carbocycles. The lowest BCUT2D eigenvalue weighted by Gasteiger charge is -2.33. The maximum Gasteiger partial charge on any atom is 0.251 e. The third kappa shape index (κ3) is 7.68. The number of amides is 1. The Labute approximate surface area is 192 Å². The topological polar surface area (TPSA) is 68.8 Å². The SMILES string of the molecule is CCCNC(=O)c1cccc(CN=C(NCC)NC2CCN(Cc3ccccc3)CC2)c1. The molecule has 2 aromatic carbocycles. The van der Waals surface area contributed by atoms with E-state index in [1.807, 2.05) is 31.2 Å². The summed E-state index contributed by atoms with van der Waals surface area (Å²) < 4.78 is 0. The Balaban J connectivity index is 1.51. The van der Waals surface area contributed by atoms with Crippen molar-refractivity contribution in [3.63, 3.8) is 0 Å². The molecule has 1 fully saturated rings. The van der Waals surface area contributed by atoms with Gasteiger partial charge in [0.2, 0.25) is 0 Å². The van der Waals surface area contributed by atoms with Crippen LogP contribution in [0, 0.1) is 0 Å². The van der Waals surface area contributed by atoms with Gasteiger partial charge in [-0.2, -0.15) is 0 Å². The number of guanidine groups is 1. The second-order valence-corrected chi connectivity index (χ2v) is 8.33. The fraction of sp³-hybridized carbons (Fsp3) is 0.462. The van der Waals surface area contributed by atoms with Gasteiger partial charge in [0, 0.05) is 44.3 Å². The van der Waals surface area contributed by atoms with E-state index in [0.29, 0.717) is 24.7 Å². The zero-order chi connectivity index (χ0) is 22.6. The first-order valence-corrected chi connectivity index (χ1v) is 11.9. The molecule has 0 spiro atoms. The Morgan fingerprint density at radius 1 is 1.00 bits per heavy atom. The van der Waals surface area contributed by atoms with Crippen LogP contribution in [0.3, 0.4) is 0 Å². The fourth-order valence-corrected chi connectivity index (χ4v) is 3.91. The molecule has 0 saturated carbocycles. The predicted octanol–water partition coefficient (Wildman–Crippen LogP) is 3.55. The summed E-state index contributed by atoms with van der Waals surface area (Å²) in [6.45, 7) is 9.37. The van der Waals surface area contributed by atoms with Crippen LogP contribution in [0.2, 0.25) is 0 Å². The summed E-state index contributed by atoms with van der Waals surface area (Å²) in [6.07, 6.45) is 3.13. The van der Waals surface area contributed by atoms with Gasteiger partial charge in [0.25, 0.3) is 5.91 Å².